The van der Waals surface area contributed by atoms with Crippen LogP contribution in [0.1, 0.15) is 44.7 Å². The highest BCUT2D eigenvalue weighted by atomic mass is 32.2. The topological polar surface area (TPSA) is 111 Å². The molecule has 1 aliphatic heterocycles. The van der Waals surface area contributed by atoms with Crippen LogP contribution in [0.15, 0.2) is 66.9 Å². The van der Waals surface area contributed by atoms with E-state index < -0.39 is 21.6 Å². The highest BCUT2D eigenvalue weighted by molar-refractivity contribution is 7.90. The maximum Gasteiger partial charge on any atom is 0.416 e. The minimum absolute atomic E-state index is 0.0429. The van der Waals surface area contributed by atoms with Crippen LogP contribution < -0.4 is 10.1 Å². The molecular weight excluding hydrogens is 609 g/mol. The number of ether oxygens (including phenoxy) is 1. The number of carbonyl (C=O) groups is 2. The zero-order valence-electron chi connectivity index (χ0n) is 24.8. The molecule has 238 valence electrons. The monoisotopic (exact) mass is 642 g/mol. The Morgan fingerprint density at radius 1 is 0.978 bits per heavy atom. The van der Waals surface area contributed by atoms with Gasteiger partial charge < -0.3 is 15.0 Å². The van der Waals surface area contributed by atoms with Gasteiger partial charge in [0.1, 0.15) is 21.3 Å². The molecule has 2 heterocycles. The van der Waals surface area contributed by atoms with Crippen LogP contribution in [-0.2, 0) is 22.6 Å². The molecule has 2 amide bonds. The van der Waals surface area contributed by atoms with E-state index in [4.69, 9.17) is 4.74 Å². The number of likely N-dealkylation sites (tertiary alicyclic amines) is 1. The lowest BCUT2D eigenvalue weighted by molar-refractivity contribution is -0.137. The molecule has 0 saturated carbocycles. The number of aryl methyl sites for hydroxylation is 1. The van der Waals surface area contributed by atoms with Crippen molar-refractivity contribution in [2.75, 3.05) is 31.6 Å². The van der Waals surface area contributed by atoms with Crippen LogP contribution in [0.25, 0.3) is 10.9 Å². The summed E-state index contributed by atoms with van der Waals surface area (Å²) >= 11 is 0. The number of benzene rings is 3. The van der Waals surface area contributed by atoms with E-state index in [-0.39, 0.29) is 29.9 Å². The summed E-state index contributed by atoms with van der Waals surface area (Å²) in [6, 6.07) is 14.4. The van der Waals surface area contributed by atoms with Gasteiger partial charge in [-0.25, -0.2) is 8.42 Å². The molecule has 1 fully saturated rings. The highest BCUT2D eigenvalue weighted by Crippen LogP contribution is 2.32. The normalized spacial score (nSPS) is 14.5. The van der Waals surface area contributed by atoms with Gasteiger partial charge in [-0.3, -0.25) is 14.3 Å². The number of hydrogen-bond donors (Lipinski definition) is 1. The number of halogens is 3. The minimum Gasteiger partial charge on any atom is -0.457 e. The molecule has 13 heteroatoms. The van der Waals surface area contributed by atoms with Crippen LogP contribution in [-0.4, -0.2) is 66.6 Å². The van der Waals surface area contributed by atoms with Crippen molar-refractivity contribution in [3.05, 3.63) is 89.1 Å². The van der Waals surface area contributed by atoms with Crippen LogP contribution in [0, 0.1) is 12.8 Å². The third kappa shape index (κ3) is 8.01. The number of nitrogens with one attached hydrogen (secondary N) is 1. The summed E-state index contributed by atoms with van der Waals surface area (Å²) in [6.45, 7) is 3.73. The van der Waals surface area contributed by atoms with Gasteiger partial charge in [-0.05, 0) is 91.9 Å². The van der Waals surface area contributed by atoms with Crippen molar-refractivity contribution in [3.8, 4) is 11.5 Å². The molecule has 0 spiro atoms. The second kappa shape index (κ2) is 12.9. The molecule has 1 saturated heterocycles. The van der Waals surface area contributed by atoms with Crippen molar-refractivity contribution >= 4 is 32.6 Å². The Morgan fingerprint density at radius 3 is 2.20 bits per heavy atom. The van der Waals surface area contributed by atoms with Crippen molar-refractivity contribution in [1.82, 2.24) is 20.0 Å². The fraction of sp³-hybridized carbons (Fsp3) is 0.344. The number of rotatable bonds is 9. The van der Waals surface area contributed by atoms with Crippen molar-refractivity contribution < 1.29 is 35.9 Å². The van der Waals surface area contributed by atoms with Crippen molar-refractivity contribution in [2.24, 2.45) is 5.92 Å². The predicted molar refractivity (Wildman–Crippen MR) is 163 cm³/mol. The number of carbonyl (C=O) groups excluding carboxylic acids is 2. The second-order valence-electron chi connectivity index (χ2n) is 11.3. The van der Waals surface area contributed by atoms with E-state index in [9.17, 15) is 31.2 Å². The lowest BCUT2D eigenvalue weighted by atomic mass is 9.96. The standard InChI is InChI=1S/C32H33F3N4O5S/c1-21-27(30(40)36-15-18-45(2,42)43)11-12-29-28(21)20-39(37-29)19-22-13-16-38(17-14-22)31(41)23-3-7-25(8-4-23)44-26-9-5-24(6-10-26)32(33,34)35/h3-12,20,22H,13-19H2,1-2H3,(H,36,40). The highest BCUT2D eigenvalue weighted by Gasteiger charge is 2.30. The van der Waals surface area contributed by atoms with Gasteiger partial charge in [0.25, 0.3) is 11.8 Å². The van der Waals surface area contributed by atoms with Gasteiger partial charge in [0.15, 0.2) is 0 Å². The zero-order valence-corrected chi connectivity index (χ0v) is 25.6. The molecule has 0 atom stereocenters. The van der Waals surface area contributed by atoms with E-state index in [1.165, 1.54) is 12.1 Å². The summed E-state index contributed by atoms with van der Waals surface area (Å²) in [7, 11) is -3.18. The molecule has 0 bridgehead atoms. The third-order valence-corrected chi connectivity index (χ3v) is 8.82. The lowest BCUT2D eigenvalue weighted by Gasteiger charge is -2.32. The Labute approximate surface area is 258 Å². The summed E-state index contributed by atoms with van der Waals surface area (Å²) < 4.78 is 68.5. The molecule has 45 heavy (non-hydrogen) atoms. The van der Waals surface area contributed by atoms with E-state index in [0.717, 1.165) is 47.7 Å². The van der Waals surface area contributed by atoms with Gasteiger partial charge in [0.05, 0.1) is 16.8 Å². The number of alkyl halides is 3. The number of amides is 2. The van der Waals surface area contributed by atoms with Gasteiger partial charge in [0, 0.05) is 55.1 Å². The van der Waals surface area contributed by atoms with Crippen LogP contribution in [0.3, 0.4) is 0 Å². The second-order valence-corrected chi connectivity index (χ2v) is 13.6. The molecule has 0 radical (unpaired) electrons. The molecular formula is C32H33F3N4O5S. The molecule has 1 N–H and O–H groups in total. The first-order valence-corrected chi connectivity index (χ1v) is 16.5. The van der Waals surface area contributed by atoms with E-state index in [2.05, 4.69) is 10.4 Å². The van der Waals surface area contributed by atoms with Gasteiger partial charge in [-0.1, -0.05) is 0 Å². The van der Waals surface area contributed by atoms with Crippen LogP contribution in [0.2, 0.25) is 0 Å². The number of hydrogen-bond acceptors (Lipinski definition) is 6. The first-order chi connectivity index (χ1) is 21.3. The average Bonchev–Trinajstić information content (AvgIpc) is 3.40. The largest absolute Gasteiger partial charge is 0.457 e. The van der Waals surface area contributed by atoms with Crippen LogP contribution >= 0.6 is 0 Å². The Bertz CT molecular complexity index is 1800. The summed E-state index contributed by atoms with van der Waals surface area (Å²) in [5, 5.41) is 8.19. The van der Waals surface area contributed by atoms with Crippen molar-refractivity contribution in [1.29, 1.82) is 0 Å². The maximum absolute atomic E-state index is 13.1. The molecule has 0 unspecified atom stereocenters. The van der Waals surface area contributed by atoms with Crippen LogP contribution in [0.5, 0.6) is 11.5 Å². The lowest BCUT2D eigenvalue weighted by Crippen LogP contribution is -2.39. The van der Waals surface area contributed by atoms with Gasteiger partial charge in [-0.2, -0.15) is 18.3 Å². The van der Waals surface area contributed by atoms with Crippen LogP contribution in [0.4, 0.5) is 13.2 Å². The Balaban J connectivity index is 1.13. The van der Waals surface area contributed by atoms with E-state index in [0.29, 0.717) is 42.4 Å². The predicted octanol–water partition coefficient (Wildman–Crippen LogP) is 5.48. The van der Waals surface area contributed by atoms with Crippen molar-refractivity contribution in [2.45, 2.75) is 32.5 Å². The molecule has 1 aliphatic rings. The number of aromatic nitrogens is 2. The minimum atomic E-state index is -4.42. The first-order valence-electron chi connectivity index (χ1n) is 14.4. The fourth-order valence-electron chi connectivity index (χ4n) is 5.34. The molecule has 9 nitrogen and oxygen atoms in total. The summed E-state index contributed by atoms with van der Waals surface area (Å²) in [5.41, 5.74) is 1.75. The third-order valence-electron chi connectivity index (χ3n) is 7.87. The maximum atomic E-state index is 13.1. The quantitative estimate of drug-likeness (QED) is 0.259. The number of sulfone groups is 1. The van der Waals surface area contributed by atoms with E-state index >= 15 is 0 Å². The molecule has 4 aromatic rings. The fourth-order valence-corrected chi connectivity index (χ4v) is 5.82. The molecule has 0 aliphatic carbocycles. The van der Waals surface area contributed by atoms with Gasteiger partial charge >= 0.3 is 6.18 Å². The number of fused-ring (bicyclic) bond motifs is 1. The molecule has 5 rings (SSSR count). The Kier molecular flexibility index (Phi) is 9.19. The zero-order chi connectivity index (χ0) is 32.4. The first kappa shape index (κ1) is 32.0. The van der Waals surface area contributed by atoms with Crippen molar-refractivity contribution in [3.63, 3.8) is 0 Å². The Hall–Kier alpha value is -4.39. The Morgan fingerprint density at radius 2 is 1.60 bits per heavy atom. The van der Waals surface area contributed by atoms with Gasteiger partial charge in [0.2, 0.25) is 0 Å². The van der Waals surface area contributed by atoms with E-state index in [1.807, 2.05) is 17.8 Å². The molecule has 3 aromatic carbocycles. The summed E-state index contributed by atoms with van der Waals surface area (Å²) in [5.74, 6) is 0.422. The number of nitrogens with zero attached hydrogens (tertiary/aromatic N) is 3. The summed E-state index contributed by atoms with van der Waals surface area (Å²) in [6.07, 6.45) is 0.220. The average molecular weight is 643 g/mol. The van der Waals surface area contributed by atoms with Gasteiger partial charge in [-0.15, -0.1) is 0 Å². The molecule has 1 aromatic heterocycles. The SMILES string of the molecule is Cc1c(C(=O)NCCS(C)(=O)=O)ccc2nn(CC3CCN(C(=O)c4ccc(Oc5ccc(C(F)(F)F)cc5)cc4)CC3)cc12. The van der Waals surface area contributed by atoms with E-state index in [1.54, 1.807) is 41.3 Å². The smallest absolute Gasteiger partial charge is 0.416 e. The summed E-state index contributed by atoms with van der Waals surface area (Å²) in [4.78, 5) is 27.6. The number of piperidine rings is 1.